The number of nitrogens with one attached hydrogen (secondary N) is 1. The maximum absolute atomic E-state index is 12.4. The van der Waals surface area contributed by atoms with Crippen molar-refractivity contribution in [2.75, 3.05) is 0 Å². The Morgan fingerprint density at radius 3 is 2.81 bits per heavy atom. The Balaban J connectivity index is 2.08. The molecule has 0 aliphatic carbocycles. The summed E-state index contributed by atoms with van der Waals surface area (Å²) in [6, 6.07) is 1.86. The van der Waals surface area contributed by atoms with E-state index in [9.17, 15) is 4.79 Å². The lowest BCUT2D eigenvalue weighted by Gasteiger charge is -2.08. The normalized spacial score (nSPS) is 10.9. The predicted molar refractivity (Wildman–Crippen MR) is 86.2 cm³/mol. The number of aryl methyl sites for hydroxylation is 3. The molecule has 0 saturated heterocycles. The van der Waals surface area contributed by atoms with Crippen LogP contribution in [0, 0.1) is 0 Å². The number of carbonyl (C=O) groups excluding carboxylic acids is 1. The van der Waals surface area contributed by atoms with Crippen molar-refractivity contribution in [3.05, 3.63) is 39.9 Å². The maximum Gasteiger partial charge on any atom is 0.268 e. The van der Waals surface area contributed by atoms with Crippen LogP contribution in [0.25, 0.3) is 0 Å². The van der Waals surface area contributed by atoms with E-state index in [4.69, 9.17) is 0 Å². The van der Waals surface area contributed by atoms with Gasteiger partial charge in [0, 0.05) is 42.6 Å². The molecule has 2 rings (SSSR count). The largest absolute Gasteiger partial charge is 0.347 e. The molecular weight excluding hydrogens is 332 g/mol. The zero-order valence-corrected chi connectivity index (χ0v) is 14.3. The summed E-state index contributed by atoms with van der Waals surface area (Å²) >= 11 is 3.43. The number of hydrogen-bond acceptors (Lipinski definition) is 2. The van der Waals surface area contributed by atoms with Crippen molar-refractivity contribution in [3.8, 4) is 0 Å². The first-order chi connectivity index (χ1) is 10.0. The van der Waals surface area contributed by atoms with Gasteiger partial charge in [0.25, 0.3) is 5.91 Å². The Bertz CT molecular complexity index is 630. The van der Waals surface area contributed by atoms with Crippen LogP contribution in [0.4, 0.5) is 0 Å². The van der Waals surface area contributed by atoms with E-state index in [2.05, 4.69) is 40.2 Å². The summed E-state index contributed by atoms with van der Waals surface area (Å²) in [6.07, 6.45) is 5.76. The Hall–Kier alpha value is -1.56. The highest BCUT2D eigenvalue weighted by atomic mass is 79.9. The first kappa shape index (κ1) is 15.8. The van der Waals surface area contributed by atoms with Gasteiger partial charge in [-0.1, -0.05) is 13.8 Å². The second-order valence-corrected chi connectivity index (χ2v) is 5.96. The van der Waals surface area contributed by atoms with E-state index in [-0.39, 0.29) is 5.91 Å². The van der Waals surface area contributed by atoms with E-state index in [1.165, 1.54) is 0 Å². The van der Waals surface area contributed by atoms with Gasteiger partial charge in [-0.15, -0.1) is 0 Å². The number of carbonyl (C=O) groups is 1. The topological polar surface area (TPSA) is 51.9 Å². The summed E-state index contributed by atoms with van der Waals surface area (Å²) < 4.78 is 4.69. The molecule has 5 nitrogen and oxygen atoms in total. The SMILES string of the molecule is CCCn1cc(Br)cc1C(=O)NCc1cn(C)nc1CC. The maximum atomic E-state index is 12.4. The second kappa shape index (κ2) is 6.93. The van der Waals surface area contributed by atoms with E-state index in [0.717, 1.165) is 35.1 Å². The van der Waals surface area contributed by atoms with Crippen LogP contribution in [0.2, 0.25) is 0 Å². The molecule has 0 radical (unpaired) electrons. The van der Waals surface area contributed by atoms with Crippen LogP contribution >= 0.6 is 15.9 Å². The van der Waals surface area contributed by atoms with Crippen molar-refractivity contribution < 1.29 is 4.79 Å². The number of halogens is 1. The molecule has 0 aromatic carbocycles. The molecule has 114 valence electrons. The average molecular weight is 353 g/mol. The Morgan fingerprint density at radius 1 is 1.38 bits per heavy atom. The second-order valence-electron chi connectivity index (χ2n) is 5.05. The van der Waals surface area contributed by atoms with E-state index in [1.54, 1.807) is 4.68 Å². The van der Waals surface area contributed by atoms with Gasteiger partial charge in [0.05, 0.1) is 5.69 Å². The van der Waals surface area contributed by atoms with Crippen molar-refractivity contribution in [2.24, 2.45) is 7.05 Å². The molecule has 0 aliphatic rings. The summed E-state index contributed by atoms with van der Waals surface area (Å²) in [4.78, 5) is 12.4. The number of rotatable bonds is 6. The van der Waals surface area contributed by atoms with Gasteiger partial charge < -0.3 is 9.88 Å². The Morgan fingerprint density at radius 2 is 2.14 bits per heavy atom. The molecule has 1 amide bonds. The fourth-order valence-electron chi connectivity index (χ4n) is 2.39. The molecule has 0 spiro atoms. The van der Waals surface area contributed by atoms with Crippen molar-refractivity contribution in [1.29, 1.82) is 0 Å². The minimum atomic E-state index is -0.0555. The van der Waals surface area contributed by atoms with E-state index in [0.29, 0.717) is 12.2 Å². The standard InChI is InChI=1S/C15H21BrN4O/c1-4-6-20-10-12(16)7-14(20)15(21)17-8-11-9-19(3)18-13(11)5-2/h7,9-10H,4-6,8H2,1-3H3,(H,17,21). The summed E-state index contributed by atoms with van der Waals surface area (Å²) in [5, 5.41) is 7.37. The van der Waals surface area contributed by atoms with Crippen LogP contribution < -0.4 is 5.32 Å². The molecular formula is C15H21BrN4O. The van der Waals surface area contributed by atoms with Gasteiger partial charge in [0.2, 0.25) is 0 Å². The minimum absolute atomic E-state index is 0.0555. The third-order valence-corrected chi connectivity index (χ3v) is 3.76. The fourth-order valence-corrected chi connectivity index (χ4v) is 2.85. The van der Waals surface area contributed by atoms with Crippen LogP contribution in [0.3, 0.4) is 0 Å². The third-order valence-electron chi connectivity index (χ3n) is 3.33. The zero-order chi connectivity index (χ0) is 15.4. The van der Waals surface area contributed by atoms with Crippen LogP contribution in [0.15, 0.2) is 22.9 Å². The van der Waals surface area contributed by atoms with Crippen LogP contribution in [0.5, 0.6) is 0 Å². The lowest BCUT2D eigenvalue weighted by Crippen LogP contribution is -2.25. The monoisotopic (exact) mass is 352 g/mol. The van der Waals surface area contributed by atoms with Crippen molar-refractivity contribution in [1.82, 2.24) is 19.7 Å². The number of nitrogens with zero attached hydrogens (tertiary/aromatic N) is 3. The van der Waals surface area contributed by atoms with E-state index in [1.807, 2.05) is 30.1 Å². The van der Waals surface area contributed by atoms with Gasteiger partial charge in [-0.05, 0) is 34.8 Å². The molecule has 0 atom stereocenters. The summed E-state index contributed by atoms with van der Waals surface area (Å²) in [5.74, 6) is -0.0555. The predicted octanol–water partition coefficient (Wildman–Crippen LogP) is 2.89. The van der Waals surface area contributed by atoms with Crippen molar-refractivity contribution in [3.63, 3.8) is 0 Å². The smallest absolute Gasteiger partial charge is 0.268 e. The highest BCUT2D eigenvalue weighted by molar-refractivity contribution is 9.10. The first-order valence-electron chi connectivity index (χ1n) is 7.20. The van der Waals surface area contributed by atoms with Gasteiger partial charge in [-0.3, -0.25) is 9.48 Å². The molecule has 0 saturated carbocycles. The van der Waals surface area contributed by atoms with Gasteiger partial charge >= 0.3 is 0 Å². The Kier molecular flexibility index (Phi) is 5.22. The average Bonchev–Trinajstić information content (AvgIpc) is 2.99. The van der Waals surface area contributed by atoms with E-state index >= 15 is 0 Å². The molecule has 0 bridgehead atoms. The lowest BCUT2D eigenvalue weighted by molar-refractivity contribution is 0.0941. The van der Waals surface area contributed by atoms with Crippen LogP contribution in [-0.4, -0.2) is 20.3 Å². The molecule has 0 aliphatic heterocycles. The molecule has 6 heteroatoms. The van der Waals surface area contributed by atoms with Crippen LogP contribution in [-0.2, 0) is 26.6 Å². The zero-order valence-electron chi connectivity index (χ0n) is 12.7. The molecule has 21 heavy (non-hydrogen) atoms. The molecule has 0 fully saturated rings. The molecule has 2 aromatic heterocycles. The lowest BCUT2D eigenvalue weighted by atomic mass is 10.2. The Labute approximate surface area is 133 Å². The number of hydrogen-bond donors (Lipinski definition) is 1. The van der Waals surface area contributed by atoms with Crippen molar-refractivity contribution in [2.45, 2.75) is 39.8 Å². The molecule has 1 N–H and O–H groups in total. The number of aromatic nitrogens is 3. The van der Waals surface area contributed by atoms with Crippen LogP contribution in [0.1, 0.15) is 42.0 Å². The molecule has 2 aromatic rings. The summed E-state index contributed by atoms with van der Waals surface area (Å²) in [6.45, 7) is 5.50. The summed E-state index contributed by atoms with van der Waals surface area (Å²) in [5.41, 5.74) is 2.79. The first-order valence-corrected chi connectivity index (χ1v) is 7.99. The molecule has 2 heterocycles. The minimum Gasteiger partial charge on any atom is -0.347 e. The highest BCUT2D eigenvalue weighted by Gasteiger charge is 2.14. The fraction of sp³-hybridized carbons (Fsp3) is 0.467. The number of amides is 1. The highest BCUT2D eigenvalue weighted by Crippen LogP contribution is 2.16. The van der Waals surface area contributed by atoms with Gasteiger partial charge in [-0.2, -0.15) is 5.10 Å². The van der Waals surface area contributed by atoms with Gasteiger partial charge in [0.15, 0.2) is 0 Å². The van der Waals surface area contributed by atoms with Gasteiger partial charge in [0.1, 0.15) is 5.69 Å². The third kappa shape index (κ3) is 3.75. The summed E-state index contributed by atoms with van der Waals surface area (Å²) in [7, 11) is 1.90. The molecule has 0 unspecified atom stereocenters. The van der Waals surface area contributed by atoms with Gasteiger partial charge in [-0.25, -0.2) is 0 Å². The van der Waals surface area contributed by atoms with Crippen molar-refractivity contribution >= 4 is 21.8 Å². The quantitative estimate of drug-likeness (QED) is 0.868. The van der Waals surface area contributed by atoms with E-state index < -0.39 is 0 Å².